The van der Waals surface area contributed by atoms with Crippen LogP contribution in [0, 0.1) is 0 Å². The minimum absolute atomic E-state index is 0.374. The van der Waals surface area contributed by atoms with Crippen LogP contribution in [0.4, 0.5) is 0 Å². The fraction of sp³-hybridized carbons (Fsp3) is 0.0588. The molecule has 0 aliphatic heterocycles. The van der Waals surface area contributed by atoms with Gasteiger partial charge in [-0.1, -0.05) is 41.9 Å². The van der Waals surface area contributed by atoms with Gasteiger partial charge in [0.25, 0.3) is 0 Å². The zero-order valence-electron chi connectivity index (χ0n) is 11.3. The highest BCUT2D eigenvalue weighted by molar-refractivity contribution is 6.31. The monoisotopic (exact) mass is 297 g/mol. The molecule has 0 spiro atoms. The molecular formula is C17H12ClNO2. The number of hydrogen-bond donors (Lipinski definition) is 0. The average Bonchev–Trinajstić information content (AvgIpc) is 2.48. The molecule has 0 saturated heterocycles. The Labute approximate surface area is 127 Å². The first-order chi connectivity index (χ1) is 10.1. The normalized spacial score (nSPS) is 10.6. The molecule has 3 nitrogen and oxygen atoms in total. The predicted octanol–water partition coefficient (Wildman–Crippen LogP) is 4.48. The summed E-state index contributed by atoms with van der Waals surface area (Å²) < 4.78 is 5.31. The first-order valence-electron chi connectivity index (χ1n) is 6.47. The van der Waals surface area contributed by atoms with Crippen LogP contribution in [-0.2, 0) is 4.79 Å². The maximum atomic E-state index is 11.3. The largest absolute Gasteiger partial charge is 0.426 e. The van der Waals surface area contributed by atoms with Crippen LogP contribution in [0.5, 0.6) is 5.75 Å². The van der Waals surface area contributed by atoms with Crippen molar-refractivity contribution >= 4 is 28.5 Å². The number of ether oxygens (including phenoxy) is 1. The van der Waals surface area contributed by atoms with Crippen molar-refractivity contribution in [3.05, 3.63) is 59.6 Å². The van der Waals surface area contributed by atoms with Crippen LogP contribution in [0.1, 0.15) is 6.92 Å². The lowest BCUT2D eigenvalue weighted by atomic mass is 10.1. The topological polar surface area (TPSA) is 39.2 Å². The van der Waals surface area contributed by atoms with Crippen LogP contribution < -0.4 is 4.74 Å². The molecule has 2 aromatic carbocycles. The smallest absolute Gasteiger partial charge is 0.308 e. The zero-order valence-corrected chi connectivity index (χ0v) is 12.1. The molecule has 0 atom stereocenters. The van der Waals surface area contributed by atoms with E-state index in [0.717, 1.165) is 22.2 Å². The number of fused-ring (bicyclic) bond motifs is 1. The minimum Gasteiger partial charge on any atom is -0.426 e. The van der Waals surface area contributed by atoms with Gasteiger partial charge in [-0.2, -0.15) is 0 Å². The van der Waals surface area contributed by atoms with E-state index in [4.69, 9.17) is 16.3 Å². The zero-order chi connectivity index (χ0) is 14.8. The summed E-state index contributed by atoms with van der Waals surface area (Å²) in [5.74, 6) is 0.0929. The Hall–Kier alpha value is -2.39. The third kappa shape index (κ3) is 2.88. The Bertz CT molecular complexity index is 816. The summed E-state index contributed by atoms with van der Waals surface area (Å²) in [4.78, 5) is 15.9. The van der Waals surface area contributed by atoms with Gasteiger partial charge in [0.1, 0.15) is 5.75 Å². The van der Waals surface area contributed by atoms with Gasteiger partial charge in [0.15, 0.2) is 0 Å². The number of carbonyl (C=O) groups is 1. The summed E-state index contributed by atoms with van der Waals surface area (Å²) in [6, 6.07) is 16.8. The molecule has 0 bridgehead atoms. The maximum Gasteiger partial charge on any atom is 0.308 e. The number of benzene rings is 2. The summed E-state index contributed by atoms with van der Waals surface area (Å²) >= 11 is 6.02. The van der Waals surface area contributed by atoms with Crippen LogP contribution in [0.15, 0.2) is 54.6 Å². The summed E-state index contributed by atoms with van der Waals surface area (Å²) in [5, 5.41) is 1.29. The molecule has 0 N–H and O–H groups in total. The van der Waals surface area contributed by atoms with Crippen molar-refractivity contribution in [2.75, 3.05) is 0 Å². The van der Waals surface area contributed by atoms with E-state index >= 15 is 0 Å². The highest BCUT2D eigenvalue weighted by atomic mass is 35.5. The van der Waals surface area contributed by atoms with Gasteiger partial charge in [0.2, 0.25) is 0 Å². The molecular weight excluding hydrogens is 286 g/mol. The lowest BCUT2D eigenvalue weighted by molar-refractivity contribution is -0.131. The summed E-state index contributed by atoms with van der Waals surface area (Å²) in [7, 11) is 0. The highest BCUT2D eigenvalue weighted by Crippen LogP contribution is 2.31. The van der Waals surface area contributed by atoms with Crippen LogP contribution in [0.25, 0.3) is 22.2 Å². The number of hydrogen-bond acceptors (Lipinski definition) is 3. The number of esters is 1. The third-order valence-corrected chi connectivity index (χ3v) is 3.29. The first-order valence-corrected chi connectivity index (χ1v) is 6.85. The number of aromatic nitrogens is 1. The summed E-state index contributed by atoms with van der Waals surface area (Å²) in [5.41, 5.74) is 2.45. The molecule has 0 aliphatic carbocycles. The van der Waals surface area contributed by atoms with Crippen LogP contribution in [0.3, 0.4) is 0 Å². The van der Waals surface area contributed by atoms with E-state index in [1.807, 2.05) is 36.4 Å². The van der Waals surface area contributed by atoms with E-state index in [1.165, 1.54) is 6.92 Å². The Kier molecular flexibility index (Phi) is 3.59. The molecule has 1 heterocycles. The number of pyridine rings is 1. The molecule has 1 aromatic heterocycles. The van der Waals surface area contributed by atoms with E-state index < -0.39 is 0 Å². The van der Waals surface area contributed by atoms with E-state index in [9.17, 15) is 4.79 Å². The van der Waals surface area contributed by atoms with Gasteiger partial charge in [-0.25, -0.2) is 4.98 Å². The van der Waals surface area contributed by atoms with Gasteiger partial charge >= 0.3 is 5.97 Å². The van der Waals surface area contributed by atoms with Crippen molar-refractivity contribution in [2.45, 2.75) is 6.92 Å². The molecule has 0 radical (unpaired) electrons. The summed E-state index contributed by atoms with van der Waals surface area (Å²) in [6.07, 6.45) is 0. The summed E-state index contributed by atoms with van der Waals surface area (Å²) in [6.45, 7) is 1.37. The molecule has 0 fully saturated rings. The quantitative estimate of drug-likeness (QED) is 0.655. The molecule has 3 rings (SSSR count). The van der Waals surface area contributed by atoms with E-state index in [1.54, 1.807) is 18.2 Å². The fourth-order valence-corrected chi connectivity index (χ4v) is 2.34. The van der Waals surface area contributed by atoms with Crippen molar-refractivity contribution in [1.82, 2.24) is 4.98 Å². The number of carbonyl (C=O) groups excluding carboxylic acids is 1. The second-order valence-corrected chi connectivity index (χ2v) is 5.06. The third-order valence-electron chi connectivity index (χ3n) is 3.06. The number of rotatable bonds is 2. The number of nitrogens with zero attached hydrogens (tertiary/aromatic N) is 1. The van der Waals surface area contributed by atoms with Crippen LogP contribution in [0.2, 0.25) is 5.02 Å². The molecule has 0 unspecified atom stereocenters. The van der Waals surface area contributed by atoms with Gasteiger partial charge in [-0.3, -0.25) is 4.79 Å². The molecule has 3 aromatic rings. The lowest BCUT2D eigenvalue weighted by Crippen LogP contribution is -2.02. The van der Waals surface area contributed by atoms with Gasteiger partial charge in [0.05, 0.1) is 11.2 Å². The molecule has 104 valence electrons. The van der Waals surface area contributed by atoms with Crippen LogP contribution >= 0.6 is 11.6 Å². The first kappa shape index (κ1) is 13.6. The van der Waals surface area contributed by atoms with Crippen molar-refractivity contribution < 1.29 is 9.53 Å². The second-order valence-electron chi connectivity index (χ2n) is 4.63. The Balaban J connectivity index is 2.24. The molecule has 0 amide bonds. The van der Waals surface area contributed by atoms with Crippen molar-refractivity contribution in [2.24, 2.45) is 0 Å². The van der Waals surface area contributed by atoms with Crippen LogP contribution in [-0.4, -0.2) is 11.0 Å². The molecule has 4 heteroatoms. The van der Waals surface area contributed by atoms with Gasteiger partial charge < -0.3 is 4.74 Å². The average molecular weight is 298 g/mol. The standard InChI is InChI=1S/C17H12ClNO2/c1-11(20)21-17-10-16(12-5-3-2-4-6-12)19-15-8-7-13(18)9-14(15)17/h2-10H,1H3. The van der Waals surface area contributed by atoms with Gasteiger partial charge in [-0.15, -0.1) is 0 Å². The molecule has 0 aliphatic rings. The van der Waals surface area contributed by atoms with Crippen molar-refractivity contribution in [3.8, 4) is 17.0 Å². The van der Waals surface area contributed by atoms with Crippen molar-refractivity contribution in [1.29, 1.82) is 0 Å². The Morgan fingerprint density at radius 1 is 1.10 bits per heavy atom. The van der Waals surface area contributed by atoms with E-state index in [0.29, 0.717) is 10.8 Å². The SMILES string of the molecule is CC(=O)Oc1cc(-c2ccccc2)nc2ccc(Cl)cc12. The molecule has 0 saturated carbocycles. The minimum atomic E-state index is -0.374. The maximum absolute atomic E-state index is 11.3. The lowest BCUT2D eigenvalue weighted by Gasteiger charge is -2.09. The fourth-order valence-electron chi connectivity index (χ4n) is 2.16. The van der Waals surface area contributed by atoms with E-state index in [2.05, 4.69) is 4.98 Å². The molecule has 21 heavy (non-hydrogen) atoms. The van der Waals surface area contributed by atoms with E-state index in [-0.39, 0.29) is 5.97 Å². The van der Waals surface area contributed by atoms with Crippen molar-refractivity contribution in [3.63, 3.8) is 0 Å². The Morgan fingerprint density at radius 3 is 2.57 bits per heavy atom. The predicted molar refractivity (Wildman–Crippen MR) is 83.5 cm³/mol. The number of halogens is 1. The van der Waals surface area contributed by atoms with Gasteiger partial charge in [-0.05, 0) is 18.2 Å². The second kappa shape index (κ2) is 5.54. The highest BCUT2D eigenvalue weighted by Gasteiger charge is 2.10. The van der Waals surface area contributed by atoms with Gasteiger partial charge in [0, 0.05) is 29.0 Å². The Morgan fingerprint density at radius 2 is 1.86 bits per heavy atom.